The Kier molecular flexibility index (Phi) is 21.8. The number of carbonyl (C=O) groups is 5. The van der Waals surface area contributed by atoms with Crippen LogP contribution in [0.15, 0.2) is 71.9 Å². The number of rotatable bonds is 7. The van der Waals surface area contributed by atoms with Gasteiger partial charge in [-0.15, -0.1) is 0 Å². The Morgan fingerprint density at radius 3 is 2.29 bits per heavy atom. The Bertz CT molecular complexity index is 2020. The maximum Gasteiger partial charge on any atom is 0.514 e. The van der Waals surface area contributed by atoms with E-state index in [4.69, 9.17) is 23.7 Å². The third kappa shape index (κ3) is 17.4. The summed E-state index contributed by atoms with van der Waals surface area (Å²) in [6, 6.07) is 4.28. The standard InChI is InChI=1S/C54H76N2O13/c1-35-13-8-7-9-14-37(3)50(65-6)33-45-15-12-17-49(66-45)51(59)52(60)55-30-11-10-16-46(55)53(61)67-42(24-18-36(2)32-39(5)48(58)34-47(57)38(4)31-35)25-19-40-20-26-43(27-21-40)68-54(62)69-44-28-22-41(23-29-44)56(63)64/h7-9,13-14,22-23,28-29,32,35-36,38,40,42-43,45-46,48-50,58H,10-12,15-21,24-27,30-31,33-34H2,1-6H3/b9-7?,13-8+,37-14?,39-32+/t35-,36+,38-,40?,42+,43?,45?,46+,48+,49?,50+/m1/s1. The van der Waals surface area contributed by atoms with Crippen molar-refractivity contribution in [3.8, 4) is 5.75 Å². The quantitative estimate of drug-likeness (QED) is 0.0677. The third-order valence-electron chi connectivity index (χ3n) is 14.4. The molecule has 69 heavy (non-hydrogen) atoms. The van der Waals surface area contributed by atoms with E-state index in [1.54, 1.807) is 7.11 Å². The van der Waals surface area contributed by atoms with Crippen LogP contribution in [0.4, 0.5) is 10.5 Å². The summed E-state index contributed by atoms with van der Waals surface area (Å²) in [6.45, 7) is 10.1. The zero-order chi connectivity index (χ0) is 50.0. The molecule has 4 aliphatic rings. The number of carbonyl (C=O) groups excluding carboxylic acids is 5. The predicted octanol–water partition coefficient (Wildman–Crippen LogP) is 10.1. The number of fused-ring (bicyclic) bond motifs is 3. The van der Waals surface area contributed by atoms with Gasteiger partial charge in [-0.2, -0.15) is 0 Å². The number of nitrogens with zero attached hydrogens (tertiary/aromatic N) is 2. The number of ether oxygens (including phenoxy) is 5. The molecule has 5 rings (SSSR count). The molecular weight excluding hydrogens is 885 g/mol. The van der Waals surface area contributed by atoms with Gasteiger partial charge >= 0.3 is 12.1 Å². The largest absolute Gasteiger partial charge is 0.514 e. The average Bonchev–Trinajstić information content (AvgIpc) is 3.33. The number of hydrogen-bond acceptors (Lipinski definition) is 13. The molecule has 1 N–H and O–H groups in total. The number of ketones is 2. The molecule has 0 spiro atoms. The van der Waals surface area contributed by atoms with Crippen molar-refractivity contribution in [2.45, 2.75) is 186 Å². The normalized spacial score (nSPS) is 32.4. The number of non-ortho nitro benzene ring substituents is 1. The number of nitro groups is 1. The molecule has 1 aromatic rings. The predicted molar refractivity (Wildman–Crippen MR) is 260 cm³/mol. The molecule has 1 saturated carbocycles. The topological polar surface area (TPSA) is 198 Å². The summed E-state index contributed by atoms with van der Waals surface area (Å²) in [5.74, 6) is -1.56. The highest BCUT2D eigenvalue weighted by Gasteiger charge is 2.41. The third-order valence-corrected chi connectivity index (χ3v) is 14.4. The van der Waals surface area contributed by atoms with E-state index in [1.165, 1.54) is 29.2 Å². The molecule has 1 aromatic carbocycles. The maximum atomic E-state index is 14.2. The molecule has 0 aromatic heterocycles. The molecule has 2 bridgehead atoms. The molecule has 380 valence electrons. The zero-order valence-electron chi connectivity index (χ0n) is 41.6. The fourth-order valence-electron chi connectivity index (χ4n) is 10.1. The monoisotopic (exact) mass is 961 g/mol. The highest BCUT2D eigenvalue weighted by atomic mass is 16.7. The number of methoxy groups -OCH3 is 1. The Balaban J connectivity index is 1.28. The molecule has 15 heteroatoms. The van der Waals surface area contributed by atoms with Crippen molar-refractivity contribution in [1.29, 1.82) is 0 Å². The van der Waals surface area contributed by atoms with E-state index in [2.05, 4.69) is 13.0 Å². The Morgan fingerprint density at radius 2 is 1.58 bits per heavy atom. The van der Waals surface area contributed by atoms with Crippen molar-refractivity contribution < 1.29 is 57.7 Å². The Labute approximate surface area is 408 Å². The fraction of sp³-hybridized carbons (Fsp3) is 0.648. The molecular formula is C54H76N2O13. The van der Waals surface area contributed by atoms with Crippen molar-refractivity contribution >= 4 is 35.3 Å². The van der Waals surface area contributed by atoms with Crippen molar-refractivity contribution in [3.63, 3.8) is 0 Å². The van der Waals surface area contributed by atoms with E-state index in [0.29, 0.717) is 82.6 Å². The van der Waals surface area contributed by atoms with Crippen LogP contribution in [0.5, 0.6) is 5.75 Å². The van der Waals surface area contributed by atoms with Crippen molar-refractivity contribution in [3.05, 3.63) is 82.0 Å². The second kappa shape index (κ2) is 27.4. The van der Waals surface area contributed by atoms with Gasteiger partial charge in [0.15, 0.2) is 0 Å². The molecule has 3 aliphatic heterocycles. The molecule has 9 atom stereocenters. The van der Waals surface area contributed by atoms with Crippen LogP contribution in [0.2, 0.25) is 0 Å². The number of aliphatic hydroxyl groups excluding tert-OH is 1. The Hall–Kier alpha value is -4.99. The van der Waals surface area contributed by atoms with Gasteiger partial charge in [0.2, 0.25) is 5.78 Å². The number of hydrogen-bond donors (Lipinski definition) is 1. The second-order valence-electron chi connectivity index (χ2n) is 20.0. The van der Waals surface area contributed by atoms with Crippen LogP contribution in [0.25, 0.3) is 0 Å². The van der Waals surface area contributed by atoms with Gasteiger partial charge in [-0.05, 0) is 151 Å². The van der Waals surface area contributed by atoms with Gasteiger partial charge in [-0.25, -0.2) is 9.59 Å². The number of esters is 1. The van der Waals surface area contributed by atoms with E-state index in [-0.39, 0.29) is 72.2 Å². The number of allylic oxidation sites excluding steroid dienone is 6. The van der Waals surface area contributed by atoms with Crippen LogP contribution in [0.1, 0.15) is 144 Å². The summed E-state index contributed by atoms with van der Waals surface area (Å²) in [6.07, 6.45) is 17.8. The van der Waals surface area contributed by atoms with E-state index < -0.39 is 53.1 Å². The van der Waals surface area contributed by atoms with Gasteiger partial charge in [-0.3, -0.25) is 24.5 Å². The second-order valence-corrected chi connectivity index (χ2v) is 20.0. The summed E-state index contributed by atoms with van der Waals surface area (Å²) in [4.78, 5) is 79.8. The molecule has 15 nitrogen and oxygen atoms in total. The summed E-state index contributed by atoms with van der Waals surface area (Å²) >= 11 is 0. The number of nitro benzene ring substituents is 1. The van der Waals surface area contributed by atoms with Gasteiger partial charge < -0.3 is 33.7 Å². The minimum Gasteiger partial charge on any atom is -0.461 e. The summed E-state index contributed by atoms with van der Waals surface area (Å²) in [7, 11) is 1.64. The first-order valence-electron chi connectivity index (χ1n) is 25.3. The van der Waals surface area contributed by atoms with Crippen molar-refractivity contribution in [2.75, 3.05) is 13.7 Å². The van der Waals surface area contributed by atoms with Crippen molar-refractivity contribution in [1.82, 2.24) is 4.90 Å². The van der Waals surface area contributed by atoms with Gasteiger partial charge in [0.1, 0.15) is 35.9 Å². The molecule has 3 heterocycles. The van der Waals surface area contributed by atoms with Crippen LogP contribution < -0.4 is 4.74 Å². The number of cyclic esters (lactones) is 1. The van der Waals surface area contributed by atoms with Crippen LogP contribution in [-0.4, -0.2) is 101 Å². The number of amides is 1. The molecule has 0 radical (unpaired) electrons. The highest BCUT2D eigenvalue weighted by Crippen LogP contribution is 2.33. The molecule has 3 fully saturated rings. The molecule has 2 saturated heterocycles. The van der Waals surface area contributed by atoms with Crippen LogP contribution in [-0.2, 0) is 38.1 Å². The van der Waals surface area contributed by atoms with E-state index in [9.17, 15) is 39.2 Å². The van der Waals surface area contributed by atoms with Crippen molar-refractivity contribution in [2.24, 2.45) is 23.7 Å². The van der Waals surface area contributed by atoms with Crippen LogP contribution >= 0.6 is 0 Å². The smallest absolute Gasteiger partial charge is 0.461 e. The van der Waals surface area contributed by atoms with Gasteiger partial charge in [0.05, 0.1) is 23.2 Å². The molecule has 1 aliphatic carbocycles. The minimum absolute atomic E-state index is 0.00627. The first-order chi connectivity index (χ1) is 33.0. The first kappa shape index (κ1) is 54.9. The SMILES string of the molecule is CO[C@H]1CC2CCCC(O2)C(=O)C(=O)N2CCCC[C@H]2C(=O)O[C@H](CCC2CCC(OC(=O)Oc3ccc([N+](=O)[O-])cc3)CC2)CC[C@H](C)/C=C(\C)[C@@H](O)CC(=O)[C@H](C)C[C@H](C)/C=C/C=CC=C1C. The van der Waals surface area contributed by atoms with E-state index >= 15 is 0 Å². The summed E-state index contributed by atoms with van der Waals surface area (Å²) in [5.41, 5.74) is 1.58. The highest BCUT2D eigenvalue weighted by molar-refractivity contribution is 6.38. The average molecular weight is 961 g/mol. The zero-order valence-corrected chi connectivity index (χ0v) is 41.6. The van der Waals surface area contributed by atoms with E-state index in [0.717, 1.165) is 31.3 Å². The number of Topliss-reactive ketones (excluding diaryl/α,β-unsaturated/α-hetero) is 2. The lowest BCUT2D eigenvalue weighted by atomic mass is 9.83. The summed E-state index contributed by atoms with van der Waals surface area (Å²) in [5, 5.41) is 22.1. The van der Waals surface area contributed by atoms with E-state index in [1.807, 2.05) is 58.1 Å². The lowest BCUT2D eigenvalue weighted by Crippen LogP contribution is -2.54. The molecule has 1 amide bonds. The number of piperidine rings is 1. The van der Waals surface area contributed by atoms with Gasteiger partial charge in [-0.1, -0.05) is 57.2 Å². The molecule has 2 unspecified atom stereocenters. The Morgan fingerprint density at radius 1 is 0.841 bits per heavy atom. The lowest BCUT2D eigenvalue weighted by molar-refractivity contribution is -0.384. The first-order valence-corrected chi connectivity index (χ1v) is 25.3. The van der Waals surface area contributed by atoms with Gasteiger partial charge in [0, 0.05) is 44.5 Å². The maximum absolute atomic E-state index is 14.2. The fourth-order valence-corrected chi connectivity index (χ4v) is 10.1. The number of benzene rings is 1. The van der Waals surface area contributed by atoms with Crippen LogP contribution in [0.3, 0.4) is 0 Å². The number of aliphatic hydroxyl groups is 1. The summed E-state index contributed by atoms with van der Waals surface area (Å²) < 4.78 is 29.3. The lowest BCUT2D eigenvalue weighted by Gasteiger charge is -2.36. The van der Waals surface area contributed by atoms with Crippen LogP contribution in [0, 0.1) is 33.8 Å². The van der Waals surface area contributed by atoms with Gasteiger partial charge in [0.25, 0.3) is 11.6 Å². The minimum atomic E-state index is -0.919.